The maximum atomic E-state index is 11.0. The first kappa shape index (κ1) is 12.9. The molecule has 1 atom stereocenters. The molecule has 0 heterocycles. The van der Waals surface area contributed by atoms with Crippen LogP contribution in [0, 0.1) is 0 Å². The van der Waals surface area contributed by atoms with E-state index in [1.807, 2.05) is 0 Å². The smallest absolute Gasteiger partial charge is 0.336 e. The zero-order chi connectivity index (χ0) is 12.1. The third-order valence-electron chi connectivity index (χ3n) is 2.32. The fourth-order valence-electron chi connectivity index (χ4n) is 1.20. The van der Waals surface area contributed by atoms with Crippen LogP contribution in [0.15, 0.2) is 23.1 Å². The van der Waals surface area contributed by atoms with Gasteiger partial charge < -0.3 is 9.84 Å². The molecule has 0 aliphatic heterocycles. The number of carbonyl (C=O) groups is 1. The molecule has 16 heavy (non-hydrogen) atoms. The molecule has 0 bridgehead atoms. The predicted octanol–water partition coefficient (Wildman–Crippen LogP) is 3.28. The van der Waals surface area contributed by atoms with E-state index in [9.17, 15) is 4.79 Å². The summed E-state index contributed by atoms with van der Waals surface area (Å²) in [6.07, 6.45) is 1.00. The summed E-state index contributed by atoms with van der Waals surface area (Å²) in [5, 5.41) is 9.45. The molecule has 1 N–H and O–H groups in total. The second kappa shape index (κ2) is 5.80. The topological polar surface area (TPSA) is 46.5 Å². The Labute approximate surface area is 99.8 Å². The van der Waals surface area contributed by atoms with Crippen LogP contribution in [0.5, 0.6) is 5.75 Å². The molecule has 0 saturated carbocycles. The van der Waals surface area contributed by atoms with E-state index in [1.165, 1.54) is 0 Å². The molecule has 88 valence electrons. The largest absolute Gasteiger partial charge is 0.497 e. The second-order valence-corrected chi connectivity index (χ2v) is 4.98. The number of ether oxygens (including phenoxy) is 1. The highest BCUT2D eigenvalue weighted by Crippen LogP contribution is 2.31. The Hall–Kier alpha value is -1.16. The number of hydrogen-bond acceptors (Lipinski definition) is 3. The number of thioether (sulfide) groups is 1. The average Bonchev–Trinajstić information content (AvgIpc) is 2.28. The molecule has 0 radical (unpaired) electrons. The highest BCUT2D eigenvalue weighted by atomic mass is 32.2. The van der Waals surface area contributed by atoms with Crippen LogP contribution in [0.3, 0.4) is 0 Å². The summed E-state index contributed by atoms with van der Waals surface area (Å²) in [5.74, 6) is -0.204. The molecule has 1 rings (SSSR count). The molecule has 0 aliphatic rings. The lowest BCUT2D eigenvalue weighted by Gasteiger charge is -2.12. The third-order valence-corrected chi connectivity index (χ3v) is 3.65. The Balaban J connectivity index is 3.05. The van der Waals surface area contributed by atoms with Gasteiger partial charge in [-0.1, -0.05) is 13.8 Å². The summed E-state index contributed by atoms with van der Waals surface area (Å²) in [5.41, 5.74) is 0.339. The van der Waals surface area contributed by atoms with Gasteiger partial charge in [0.1, 0.15) is 5.75 Å². The SMILES string of the molecule is CCC(C)Sc1cc(OC)ccc1C(=O)O. The van der Waals surface area contributed by atoms with Crippen LogP contribution in [0.1, 0.15) is 30.6 Å². The van der Waals surface area contributed by atoms with E-state index < -0.39 is 5.97 Å². The molecule has 1 aromatic rings. The van der Waals surface area contributed by atoms with Crippen molar-refractivity contribution in [1.29, 1.82) is 0 Å². The lowest BCUT2D eigenvalue weighted by atomic mass is 10.2. The third kappa shape index (κ3) is 3.17. The van der Waals surface area contributed by atoms with Gasteiger partial charge in [-0.3, -0.25) is 0 Å². The van der Waals surface area contributed by atoms with Gasteiger partial charge in [-0.25, -0.2) is 4.79 Å². The van der Waals surface area contributed by atoms with Crippen molar-refractivity contribution >= 4 is 17.7 Å². The number of hydrogen-bond donors (Lipinski definition) is 1. The first-order chi connectivity index (χ1) is 7.58. The lowest BCUT2D eigenvalue weighted by molar-refractivity contribution is 0.0693. The maximum absolute atomic E-state index is 11.0. The molecule has 0 amide bonds. The summed E-state index contributed by atoms with van der Waals surface area (Å²) in [4.78, 5) is 11.8. The molecule has 0 saturated heterocycles. The first-order valence-electron chi connectivity index (χ1n) is 5.16. The highest BCUT2D eigenvalue weighted by Gasteiger charge is 2.13. The maximum Gasteiger partial charge on any atom is 0.336 e. The fraction of sp³-hybridized carbons (Fsp3) is 0.417. The standard InChI is InChI=1S/C12H16O3S/c1-4-8(2)16-11-7-9(15-3)5-6-10(11)12(13)14/h5-8H,4H2,1-3H3,(H,13,14). The van der Waals surface area contributed by atoms with Crippen LogP contribution in [0.25, 0.3) is 0 Å². The molecule has 3 nitrogen and oxygen atoms in total. The molecule has 1 aromatic carbocycles. The van der Waals surface area contributed by atoms with Crippen LogP contribution < -0.4 is 4.74 Å². The quantitative estimate of drug-likeness (QED) is 0.802. The molecule has 0 spiro atoms. The van der Waals surface area contributed by atoms with Gasteiger partial charge in [-0.15, -0.1) is 11.8 Å². The normalized spacial score (nSPS) is 12.2. The zero-order valence-corrected chi connectivity index (χ0v) is 10.5. The van der Waals surface area contributed by atoms with E-state index in [4.69, 9.17) is 9.84 Å². The summed E-state index contributed by atoms with van der Waals surface area (Å²) < 4.78 is 5.10. The minimum atomic E-state index is -0.895. The van der Waals surface area contributed by atoms with Crippen LogP contribution in [-0.4, -0.2) is 23.4 Å². The molecular weight excluding hydrogens is 224 g/mol. The molecule has 0 fully saturated rings. The molecule has 1 unspecified atom stereocenters. The van der Waals surface area contributed by atoms with Crippen molar-refractivity contribution in [3.8, 4) is 5.75 Å². The van der Waals surface area contributed by atoms with E-state index in [0.29, 0.717) is 16.6 Å². The number of rotatable bonds is 5. The van der Waals surface area contributed by atoms with E-state index in [2.05, 4.69) is 13.8 Å². The van der Waals surface area contributed by atoms with Gasteiger partial charge in [0.05, 0.1) is 12.7 Å². The Kier molecular flexibility index (Phi) is 4.68. The van der Waals surface area contributed by atoms with Crippen LogP contribution in [0.4, 0.5) is 0 Å². The minimum Gasteiger partial charge on any atom is -0.497 e. The van der Waals surface area contributed by atoms with Gasteiger partial charge in [0, 0.05) is 10.1 Å². The highest BCUT2D eigenvalue weighted by molar-refractivity contribution is 8.00. The van der Waals surface area contributed by atoms with Crippen molar-refractivity contribution < 1.29 is 14.6 Å². The zero-order valence-electron chi connectivity index (χ0n) is 9.69. The monoisotopic (exact) mass is 240 g/mol. The van der Waals surface area contributed by atoms with Crippen LogP contribution in [-0.2, 0) is 0 Å². The summed E-state index contributed by atoms with van der Waals surface area (Å²) >= 11 is 1.57. The van der Waals surface area contributed by atoms with Gasteiger partial charge >= 0.3 is 5.97 Å². The van der Waals surface area contributed by atoms with Crippen molar-refractivity contribution in [2.75, 3.05) is 7.11 Å². The Morgan fingerprint density at radius 2 is 2.25 bits per heavy atom. The number of carboxylic acids is 1. The average molecular weight is 240 g/mol. The molecular formula is C12H16O3S. The van der Waals surface area contributed by atoms with Crippen molar-refractivity contribution in [2.24, 2.45) is 0 Å². The first-order valence-corrected chi connectivity index (χ1v) is 6.04. The van der Waals surface area contributed by atoms with Crippen molar-refractivity contribution in [3.63, 3.8) is 0 Å². The van der Waals surface area contributed by atoms with Gasteiger partial charge in [-0.2, -0.15) is 0 Å². The van der Waals surface area contributed by atoms with E-state index in [0.717, 1.165) is 11.3 Å². The fourth-order valence-corrected chi connectivity index (χ4v) is 2.27. The number of methoxy groups -OCH3 is 1. The van der Waals surface area contributed by atoms with Crippen molar-refractivity contribution in [3.05, 3.63) is 23.8 Å². The number of carboxylic acid groups (broad SMARTS) is 1. The minimum absolute atomic E-state index is 0.339. The van der Waals surface area contributed by atoms with E-state index in [-0.39, 0.29) is 0 Å². The van der Waals surface area contributed by atoms with E-state index >= 15 is 0 Å². The van der Waals surface area contributed by atoms with Gasteiger partial charge in [-0.05, 0) is 24.6 Å². The predicted molar refractivity (Wildman–Crippen MR) is 65.6 cm³/mol. The Morgan fingerprint density at radius 3 is 2.75 bits per heavy atom. The van der Waals surface area contributed by atoms with Gasteiger partial charge in [0.15, 0.2) is 0 Å². The number of benzene rings is 1. The summed E-state index contributed by atoms with van der Waals surface area (Å²) in [7, 11) is 1.58. The number of aromatic carboxylic acids is 1. The lowest BCUT2D eigenvalue weighted by Crippen LogP contribution is -2.02. The summed E-state index contributed by atoms with van der Waals surface area (Å²) in [6.45, 7) is 4.16. The van der Waals surface area contributed by atoms with Crippen LogP contribution >= 0.6 is 11.8 Å². The molecule has 0 aliphatic carbocycles. The van der Waals surface area contributed by atoms with Crippen molar-refractivity contribution in [2.45, 2.75) is 30.4 Å². The molecule has 4 heteroatoms. The Morgan fingerprint density at radius 1 is 1.56 bits per heavy atom. The van der Waals surface area contributed by atoms with Crippen LogP contribution in [0.2, 0.25) is 0 Å². The molecule has 0 aromatic heterocycles. The van der Waals surface area contributed by atoms with E-state index in [1.54, 1.807) is 37.1 Å². The Bertz CT molecular complexity index is 377. The summed E-state index contributed by atoms with van der Waals surface area (Å²) in [6, 6.07) is 5.04. The second-order valence-electron chi connectivity index (χ2n) is 3.50. The van der Waals surface area contributed by atoms with Gasteiger partial charge in [0.25, 0.3) is 0 Å². The van der Waals surface area contributed by atoms with Gasteiger partial charge in [0.2, 0.25) is 0 Å². The van der Waals surface area contributed by atoms with Crippen molar-refractivity contribution in [1.82, 2.24) is 0 Å².